The van der Waals surface area contributed by atoms with Crippen LogP contribution in [0.25, 0.3) is 11.1 Å². The molecule has 2 N–H and O–H groups in total. The van der Waals surface area contributed by atoms with Crippen LogP contribution in [0.5, 0.6) is 0 Å². The number of nitrogens with zero attached hydrogens (tertiary/aromatic N) is 2. The van der Waals surface area contributed by atoms with Gasteiger partial charge in [-0.1, -0.05) is 48.5 Å². The Morgan fingerprint density at radius 3 is 2.47 bits per heavy atom. The fourth-order valence-electron chi connectivity index (χ4n) is 3.83. The second-order valence-electron chi connectivity index (χ2n) is 8.32. The van der Waals surface area contributed by atoms with Crippen LogP contribution in [0.1, 0.15) is 34.3 Å². The monoisotopic (exact) mass is 488 g/mol. The zero-order chi connectivity index (χ0) is 25.3. The number of hydrogen-bond acceptors (Lipinski definition) is 3. The predicted molar refractivity (Wildman–Crippen MR) is 133 cm³/mol. The summed E-state index contributed by atoms with van der Waals surface area (Å²) in [5.74, 6) is -2.46. The number of carbonyl (C=O) groups excluding carboxylic acids is 2. The van der Waals surface area contributed by atoms with Crippen LogP contribution in [-0.4, -0.2) is 28.1 Å². The van der Waals surface area contributed by atoms with E-state index in [9.17, 15) is 18.4 Å². The Morgan fingerprint density at radius 2 is 1.72 bits per heavy atom. The number of rotatable bonds is 10. The summed E-state index contributed by atoms with van der Waals surface area (Å²) in [6.07, 6.45) is 4.27. The van der Waals surface area contributed by atoms with Gasteiger partial charge in [0.05, 0.1) is 12.1 Å². The maximum atomic E-state index is 13.7. The first-order valence-electron chi connectivity index (χ1n) is 11.6. The van der Waals surface area contributed by atoms with E-state index in [-0.39, 0.29) is 24.4 Å². The van der Waals surface area contributed by atoms with Gasteiger partial charge in [0.15, 0.2) is 0 Å². The summed E-state index contributed by atoms with van der Waals surface area (Å²) < 4.78 is 28.5. The minimum Gasteiger partial charge on any atom is -0.352 e. The van der Waals surface area contributed by atoms with Crippen molar-refractivity contribution in [2.24, 2.45) is 0 Å². The standard InChI is InChI=1S/C28H26F2N4O2/c29-23-12-13-25(26(30)17-23)28(36)31-14-3-7-27(35)32-18-22-5-1-2-6-24(22)21-10-8-20(9-11-21)19-34-16-4-15-33-34/h1-2,4-6,8-13,15-17H,3,7,14,18-19H2,(H,31,36)(H,32,35). The third-order valence-corrected chi connectivity index (χ3v) is 5.70. The van der Waals surface area contributed by atoms with E-state index in [0.29, 0.717) is 25.6 Å². The highest BCUT2D eigenvalue weighted by molar-refractivity contribution is 5.94. The average molecular weight is 489 g/mol. The zero-order valence-electron chi connectivity index (χ0n) is 19.6. The Bertz CT molecular complexity index is 1320. The lowest BCUT2D eigenvalue weighted by Gasteiger charge is -2.12. The molecule has 1 heterocycles. The molecule has 0 saturated heterocycles. The predicted octanol–water partition coefficient (Wildman–Crippen LogP) is 4.70. The highest BCUT2D eigenvalue weighted by Crippen LogP contribution is 2.24. The molecule has 0 aliphatic carbocycles. The van der Waals surface area contributed by atoms with E-state index in [2.05, 4.69) is 40.0 Å². The number of aromatic nitrogens is 2. The molecule has 0 radical (unpaired) electrons. The van der Waals surface area contributed by atoms with Crippen LogP contribution in [0.4, 0.5) is 8.78 Å². The number of halogens is 2. The van der Waals surface area contributed by atoms with Crippen molar-refractivity contribution in [1.29, 1.82) is 0 Å². The van der Waals surface area contributed by atoms with Crippen molar-refractivity contribution < 1.29 is 18.4 Å². The smallest absolute Gasteiger partial charge is 0.254 e. The minimum atomic E-state index is -0.920. The number of carbonyl (C=O) groups is 2. The van der Waals surface area contributed by atoms with E-state index in [4.69, 9.17) is 0 Å². The van der Waals surface area contributed by atoms with Crippen LogP contribution in [0.2, 0.25) is 0 Å². The Hall–Kier alpha value is -4.33. The van der Waals surface area contributed by atoms with Crippen molar-refractivity contribution in [2.45, 2.75) is 25.9 Å². The van der Waals surface area contributed by atoms with Crippen molar-refractivity contribution in [3.63, 3.8) is 0 Å². The number of amides is 2. The second-order valence-corrected chi connectivity index (χ2v) is 8.32. The summed E-state index contributed by atoms with van der Waals surface area (Å²) in [7, 11) is 0. The number of nitrogens with one attached hydrogen (secondary N) is 2. The molecule has 0 atom stereocenters. The van der Waals surface area contributed by atoms with Gasteiger partial charge in [-0.25, -0.2) is 8.78 Å². The third-order valence-electron chi connectivity index (χ3n) is 5.70. The lowest BCUT2D eigenvalue weighted by Crippen LogP contribution is -2.28. The molecule has 2 amide bonds. The van der Waals surface area contributed by atoms with Crippen LogP contribution < -0.4 is 10.6 Å². The summed E-state index contributed by atoms with van der Waals surface area (Å²) in [6.45, 7) is 1.27. The lowest BCUT2D eigenvalue weighted by molar-refractivity contribution is -0.121. The molecule has 0 bridgehead atoms. The molecule has 0 aliphatic heterocycles. The Morgan fingerprint density at radius 1 is 0.917 bits per heavy atom. The van der Waals surface area contributed by atoms with Crippen molar-refractivity contribution in [3.05, 3.63) is 114 Å². The van der Waals surface area contributed by atoms with E-state index in [1.807, 2.05) is 41.2 Å². The van der Waals surface area contributed by atoms with E-state index in [0.717, 1.165) is 34.4 Å². The maximum absolute atomic E-state index is 13.7. The van der Waals surface area contributed by atoms with Gasteiger partial charge >= 0.3 is 0 Å². The first-order chi connectivity index (χ1) is 17.5. The van der Waals surface area contributed by atoms with Gasteiger partial charge in [0, 0.05) is 38.0 Å². The van der Waals surface area contributed by atoms with Gasteiger partial charge in [0.1, 0.15) is 11.6 Å². The molecule has 6 nitrogen and oxygen atoms in total. The van der Waals surface area contributed by atoms with Gasteiger partial charge in [-0.15, -0.1) is 0 Å². The van der Waals surface area contributed by atoms with Crippen LogP contribution in [0.15, 0.2) is 85.2 Å². The molecule has 4 aromatic rings. The largest absolute Gasteiger partial charge is 0.352 e. The third kappa shape index (κ3) is 6.63. The molecule has 184 valence electrons. The van der Waals surface area contributed by atoms with Crippen molar-refractivity contribution in [1.82, 2.24) is 20.4 Å². The topological polar surface area (TPSA) is 76.0 Å². The van der Waals surface area contributed by atoms with Gasteiger partial charge in [0.25, 0.3) is 5.91 Å². The van der Waals surface area contributed by atoms with Gasteiger partial charge in [0.2, 0.25) is 5.91 Å². The molecular weight excluding hydrogens is 462 g/mol. The molecule has 8 heteroatoms. The first-order valence-corrected chi connectivity index (χ1v) is 11.6. The fourth-order valence-corrected chi connectivity index (χ4v) is 3.83. The fraction of sp³-hybridized carbons (Fsp3) is 0.179. The molecule has 3 aromatic carbocycles. The normalized spacial score (nSPS) is 10.7. The average Bonchev–Trinajstić information content (AvgIpc) is 3.39. The quantitative estimate of drug-likeness (QED) is 0.318. The van der Waals surface area contributed by atoms with Gasteiger partial charge in [-0.05, 0) is 46.9 Å². The number of benzene rings is 3. The van der Waals surface area contributed by atoms with Crippen LogP contribution in [0, 0.1) is 11.6 Å². The van der Waals surface area contributed by atoms with E-state index < -0.39 is 17.5 Å². The van der Waals surface area contributed by atoms with E-state index >= 15 is 0 Å². The second kappa shape index (κ2) is 11.9. The van der Waals surface area contributed by atoms with Crippen molar-refractivity contribution in [3.8, 4) is 11.1 Å². The first kappa shape index (κ1) is 24.8. The highest BCUT2D eigenvalue weighted by atomic mass is 19.1. The Labute approximate surface area is 208 Å². The molecular formula is C28H26F2N4O2. The lowest BCUT2D eigenvalue weighted by atomic mass is 9.98. The summed E-state index contributed by atoms with van der Waals surface area (Å²) in [6, 6.07) is 20.8. The van der Waals surface area contributed by atoms with E-state index in [1.54, 1.807) is 6.20 Å². The van der Waals surface area contributed by atoms with Crippen molar-refractivity contribution >= 4 is 11.8 Å². The summed E-state index contributed by atoms with van der Waals surface area (Å²) >= 11 is 0. The molecule has 0 unspecified atom stereocenters. The maximum Gasteiger partial charge on any atom is 0.254 e. The zero-order valence-corrected chi connectivity index (χ0v) is 19.6. The molecule has 1 aromatic heterocycles. The molecule has 0 fully saturated rings. The van der Waals surface area contributed by atoms with Crippen molar-refractivity contribution in [2.75, 3.05) is 6.54 Å². The highest BCUT2D eigenvalue weighted by Gasteiger charge is 2.12. The molecule has 36 heavy (non-hydrogen) atoms. The molecule has 0 spiro atoms. The van der Waals surface area contributed by atoms with Gasteiger partial charge < -0.3 is 10.6 Å². The summed E-state index contributed by atoms with van der Waals surface area (Å²) in [5.41, 5.74) is 4.00. The van der Waals surface area contributed by atoms with Gasteiger partial charge in [-0.2, -0.15) is 5.10 Å². The van der Waals surface area contributed by atoms with Crippen LogP contribution >= 0.6 is 0 Å². The molecule has 0 saturated carbocycles. The SMILES string of the molecule is O=C(CCCNC(=O)c1ccc(F)cc1F)NCc1ccccc1-c1ccc(Cn2cccn2)cc1. The molecule has 4 rings (SSSR count). The van der Waals surface area contributed by atoms with Crippen LogP contribution in [-0.2, 0) is 17.9 Å². The summed E-state index contributed by atoms with van der Waals surface area (Å²) in [5, 5.41) is 9.70. The van der Waals surface area contributed by atoms with Crippen LogP contribution in [0.3, 0.4) is 0 Å². The Kier molecular flexibility index (Phi) is 8.18. The summed E-state index contributed by atoms with van der Waals surface area (Å²) in [4.78, 5) is 24.4. The van der Waals surface area contributed by atoms with E-state index in [1.165, 1.54) is 0 Å². The minimum absolute atomic E-state index is 0.151. The Balaban J connectivity index is 1.25. The number of hydrogen-bond donors (Lipinski definition) is 2. The molecule has 0 aliphatic rings. The van der Waals surface area contributed by atoms with Gasteiger partial charge in [-0.3, -0.25) is 14.3 Å².